The quantitative estimate of drug-likeness (QED) is 0.870. The van der Waals surface area contributed by atoms with Gasteiger partial charge in [0.05, 0.1) is 5.69 Å². The molecule has 4 fully saturated rings. The molecule has 4 saturated carbocycles. The van der Waals surface area contributed by atoms with Gasteiger partial charge in [0, 0.05) is 29.7 Å². The van der Waals surface area contributed by atoms with E-state index in [9.17, 15) is 4.79 Å². The number of nitrogens with zero attached hydrogens (tertiary/aromatic N) is 2. The molecule has 2 aromatic heterocycles. The average Bonchev–Trinajstić information content (AvgIpc) is 2.99. The zero-order valence-corrected chi connectivity index (χ0v) is 16.8. The van der Waals surface area contributed by atoms with E-state index in [0.29, 0.717) is 5.41 Å². The minimum Gasteiger partial charge on any atom is -0.311 e. The van der Waals surface area contributed by atoms with Crippen LogP contribution in [0.5, 0.6) is 0 Å². The minimum absolute atomic E-state index is 0.117. The third-order valence-corrected chi connectivity index (χ3v) is 8.93. The van der Waals surface area contributed by atoms with Gasteiger partial charge in [0.25, 0.3) is 5.56 Å². The highest BCUT2D eigenvalue weighted by atomic mass is 32.1. The van der Waals surface area contributed by atoms with Crippen molar-refractivity contribution < 1.29 is 0 Å². The molecular formula is C22H29N3OS. The van der Waals surface area contributed by atoms with E-state index >= 15 is 0 Å². The first-order chi connectivity index (χ1) is 13.2. The highest BCUT2D eigenvalue weighted by molar-refractivity contribution is 7.17. The lowest BCUT2D eigenvalue weighted by Crippen LogP contribution is -2.50. The lowest BCUT2D eigenvalue weighted by Gasteiger charge is -2.57. The summed E-state index contributed by atoms with van der Waals surface area (Å²) in [5, 5.41) is 3.71. The molecular weight excluding hydrogens is 354 g/mol. The smallest absolute Gasteiger partial charge is 0.259 e. The molecule has 144 valence electrons. The van der Waals surface area contributed by atoms with Crippen molar-refractivity contribution in [3.8, 4) is 0 Å². The van der Waals surface area contributed by atoms with Gasteiger partial charge in [-0.25, -0.2) is 4.98 Å². The van der Waals surface area contributed by atoms with Gasteiger partial charge in [0.15, 0.2) is 4.96 Å². The summed E-state index contributed by atoms with van der Waals surface area (Å²) in [5.41, 5.74) is 2.80. The van der Waals surface area contributed by atoms with E-state index in [1.54, 1.807) is 17.4 Å². The first-order valence-corrected chi connectivity index (χ1v) is 11.7. The number of fused-ring (bicyclic) bond motifs is 3. The van der Waals surface area contributed by atoms with Gasteiger partial charge in [-0.1, -0.05) is 0 Å². The van der Waals surface area contributed by atoms with Crippen molar-refractivity contribution in [3.05, 3.63) is 32.7 Å². The molecule has 0 aromatic carbocycles. The van der Waals surface area contributed by atoms with E-state index in [4.69, 9.17) is 4.98 Å². The van der Waals surface area contributed by atoms with Gasteiger partial charge in [-0.3, -0.25) is 9.20 Å². The summed E-state index contributed by atoms with van der Waals surface area (Å²) in [6, 6.07) is 1.77. The summed E-state index contributed by atoms with van der Waals surface area (Å²) in [7, 11) is 0. The molecule has 2 aromatic rings. The molecule has 7 rings (SSSR count). The number of aromatic nitrogens is 2. The lowest BCUT2D eigenvalue weighted by atomic mass is 9.49. The van der Waals surface area contributed by atoms with E-state index in [-0.39, 0.29) is 5.56 Å². The van der Waals surface area contributed by atoms with Gasteiger partial charge < -0.3 is 5.32 Å². The minimum atomic E-state index is 0.117. The standard InChI is InChI=1S/C22H29N3OS/c26-20-8-17(24-21-25(20)18-3-1-2-4-19(18)27-21)12-23-13-22-9-14-5-15(10-22)7-16(6-14)11-22/h8,14-16,23H,1-7,9-13H2. The molecule has 0 spiro atoms. The monoisotopic (exact) mass is 383 g/mol. The molecule has 27 heavy (non-hydrogen) atoms. The zero-order chi connectivity index (χ0) is 18.0. The molecule has 4 bridgehead atoms. The van der Waals surface area contributed by atoms with Crippen LogP contribution in [0, 0.1) is 23.2 Å². The third-order valence-electron chi connectivity index (χ3n) is 7.79. The van der Waals surface area contributed by atoms with E-state index < -0.39 is 0 Å². The average molecular weight is 384 g/mol. The van der Waals surface area contributed by atoms with Crippen LogP contribution in [0.4, 0.5) is 0 Å². The molecule has 2 heterocycles. The second-order valence-electron chi connectivity index (χ2n) is 9.90. The predicted octanol–water partition coefficient (Wildman–Crippen LogP) is 3.94. The molecule has 0 saturated heterocycles. The van der Waals surface area contributed by atoms with Gasteiger partial charge in [-0.15, -0.1) is 11.3 Å². The first kappa shape index (κ1) is 16.7. The fraction of sp³-hybridized carbons (Fsp3) is 0.727. The third kappa shape index (κ3) is 2.80. The molecule has 1 N–H and O–H groups in total. The molecule has 5 aliphatic carbocycles. The normalized spacial score (nSPS) is 34.3. The maximum absolute atomic E-state index is 12.7. The number of hydrogen-bond acceptors (Lipinski definition) is 4. The lowest BCUT2D eigenvalue weighted by molar-refractivity contribution is -0.0514. The largest absolute Gasteiger partial charge is 0.311 e. The van der Waals surface area contributed by atoms with Crippen molar-refractivity contribution in [1.82, 2.24) is 14.7 Å². The topological polar surface area (TPSA) is 46.4 Å². The van der Waals surface area contributed by atoms with Crippen LogP contribution in [0.3, 0.4) is 0 Å². The van der Waals surface area contributed by atoms with Crippen molar-refractivity contribution >= 4 is 16.3 Å². The van der Waals surface area contributed by atoms with E-state index in [1.807, 2.05) is 4.40 Å². The molecule has 4 nitrogen and oxygen atoms in total. The Balaban J connectivity index is 1.19. The van der Waals surface area contributed by atoms with Crippen LogP contribution >= 0.6 is 11.3 Å². The Morgan fingerprint density at radius 2 is 1.81 bits per heavy atom. The Morgan fingerprint density at radius 1 is 1.11 bits per heavy atom. The molecule has 5 aliphatic rings. The van der Waals surface area contributed by atoms with Crippen LogP contribution in [0.2, 0.25) is 0 Å². The van der Waals surface area contributed by atoms with Gasteiger partial charge in [-0.2, -0.15) is 0 Å². The van der Waals surface area contributed by atoms with Gasteiger partial charge in [0.2, 0.25) is 0 Å². The first-order valence-electron chi connectivity index (χ1n) is 10.9. The van der Waals surface area contributed by atoms with Crippen molar-refractivity contribution in [2.75, 3.05) is 6.54 Å². The second-order valence-corrected chi connectivity index (χ2v) is 11.0. The van der Waals surface area contributed by atoms with Crippen LogP contribution in [0.1, 0.15) is 67.6 Å². The SMILES string of the molecule is O=c1cc(CNCC23CC4CC(CC(C4)C2)C3)nc2sc3c(n12)CCCC3. The summed E-state index contributed by atoms with van der Waals surface area (Å²) in [4.78, 5) is 19.8. The van der Waals surface area contributed by atoms with E-state index in [2.05, 4.69) is 5.32 Å². The van der Waals surface area contributed by atoms with Crippen LogP contribution in [-0.2, 0) is 19.4 Å². The number of thiazole rings is 1. The number of aryl methyl sites for hydroxylation is 2. The molecule has 0 aliphatic heterocycles. The maximum atomic E-state index is 12.7. The number of nitrogens with one attached hydrogen (secondary N) is 1. The number of hydrogen-bond donors (Lipinski definition) is 1. The van der Waals surface area contributed by atoms with Crippen molar-refractivity contribution in [1.29, 1.82) is 0 Å². The Morgan fingerprint density at radius 3 is 2.56 bits per heavy atom. The molecule has 0 radical (unpaired) electrons. The highest BCUT2D eigenvalue weighted by Gasteiger charge is 2.50. The molecule has 0 unspecified atom stereocenters. The van der Waals surface area contributed by atoms with Crippen molar-refractivity contribution in [2.24, 2.45) is 23.2 Å². The van der Waals surface area contributed by atoms with Crippen LogP contribution in [0.25, 0.3) is 4.96 Å². The summed E-state index contributed by atoms with van der Waals surface area (Å²) in [6.07, 6.45) is 13.4. The van der Waals surface area contributed by atoms with Crippen molar-refractivity contribution in [3.63, 3.8) is 0 Å². The zero-order valence-electron chi connectivity index (χ0n) is 16.0. The van der Waals surface area contributed by atoms with Crippen LogP contribution in [-0.4, -0.2) is 15.9 Å². The Kier molecular flexibility index (Phi) is 3.81. The predicted molar refractivity (Wildman–Crippen MR) is 108 cm³/mol. The van der Waals surface area contributed by atoms with Gasteiger partial charge >= 0.3 is 0 Å². The molecule has 5 heteroatoms. The molecule has 0 atom stereocenters. The van der Waals surface area contributed by atoms with Crippen LogP contribution < -0.4 is 10.9 Å². The summed E-state index contributed by atoms with van der Waals surface area (Å²) >= 11 is 1.73. The Labute approximate surface area is 164 Å². The number of rotatable bonds is 4. The highest BCUT2D eigenvalue weighted by Crippen LogP contribution is 2.59. The summed E-state index contributed by atoms with van der Waals surface area (Å²) < 4.78 is 1.88. The summed E-state index contributed by atoms with van der Waals surface area (Å²) in [6.45, 7) is 1.84. The van der Waals surface area contributed by atoms with Gasteiger partial charge in [0.1, 0.15) is 0 Å². The molecule has 0 amide bonds. The fourth-order valence-electron chi connectivity index (χ4n) is 7.19. The Bertz CT molecular complexity index is 908. The maximum Gasteiger partial charge on any atom is 0.259 e. The Hall–Kier alpha value is -1.20. The van der Waals surface area contributed by atoms with Crippen molar-refractivity contribution in [2.45, 2.75) is 70.8 Å². The fourth-order valence-corrected chi connectivity index (χ4v) is 8.43. The second kappa shape index (κ2) is 6.15. The van der Waals surface area contributed by atoms with Crippen LogP contribution in [0.15, 0.2) is 10.9 Å². The van der Waals surface area contributed by atoms with Gasteiger partial charge in [-0.05, 0) is 87.4 Å². The van der Waals surface area contributed by atoms with E-state index in [0.717, 1.165) is 54.3 Å². The van der Waals surface area contributed by atoms with E-state index in [1.165, 1.54) is 61.9 Å². The summed E-state index contributed by atoms with van der Waals surface area (Å²) in [5.74, 6) is 2.99.